The third kappa shape index (κ3) is 2.38. The summed E-state index contributed by atoms with van der Waals surface area (Å²) in [6.45, 7) is 6.36. The van der Waals surface area contributed by atoms with Crippen molar-refractivity contribution in [3.8, 4) is 11.3 Å². The highest BCUT2D eigenvalue weighted by Gasteiger charge is 2.11. The molecule has 3 nitrogen and oxygen atoms in total. The Bertz CT molecular complexity index is 1010. The van der Waals surface area contributed by atoms with Crippen molar-refractivity contribution in [3.05, 3.63) is 59.9 Å². The molecule has 0 spiro atoms. The van der Waals surface area contributed by atoms with Crippen LogP contribution in [0.1, 0.15) is 31.0 Å². The first kappa shape index (κ1) is 13.9. The van der Waals surface area contributed by atoms with Gasteiger partial charge in [0.1, 0.15) is 5.58 Å². The number of fused-ring (bicyclic) bond motifs is 3. The highest BCUT2D eigenvalue weighted by atomic mass is 16.3. The molecule has 0 unspecified atom stereocenters. The van der Waals surface area contributed by atoms with Gasteiger partial charge in [0.15, 0.2) is 0 Å². The van der Waals surface area contributed by atoms with Crippen molar-refractivity contribution < 1.29 is 4.42 Å². The Morgan fingerprint density at radius 1 is 0.957 bits per heavy atom. The molecule has 3 aromatic heterocycles. The van der Waals surface area contributed by atoms with Crippen LogP contribution in [0.15, 0.2) is 53.1 Å². The van der Waals surface area contributed by atoms with Crippen molar-refractivity contribution in [2.45, 2.75) is 26.7 Å². The van der Waals surface area contributed by atoms with E-state index in [9.17, 15) is 0 Å². The lowest BCUT2D eigenvalue weighted by Crippen LogP contribution is -1.90. The summed E-state index contributed by atoms with van der Waals surface area (Å²) in [6, 6.07) is 14.5. The highest BCUT2D eigenvalue weighted by Crippen LogP contribution is 2.31. The predicted octanol–water partition coefficient (Wildman–Crippen LogP) is 5.47. The Labute approximate surface area is 135 Å². The molecule has 0 radical (unpaired) electrons. The van der Waals surface area contributed by atoms with Crippen molar-refractivity contribution in [2.75, 3.05) is 0 Å². The third-order valence-corrected chi connectivity index (χ3v) is 4.22. The maximum Gasteiger partial charge on any atom is 0.227 e. The molecular weight excluding hydrogens is 284 g/mol. The molecule has 0 amide bonds. The van der Waals surface area contributed by atoms with Gasteiger partial charge in [-0.1, -0.05) is 13.8 Å². The van der Waals surface area contributed by atoms with Gasteiger partial charge in [-0.05, 0) is 60.9 Å². The molecule has 0 bridgehead atoms. The molecule has 0 aliphatic carbocycles. The lowest BCUT2D eigenvalue weighted by Gasteiger charge is -2.07. The minimum atomic E-state index is 0.488. The van der Waals surface area contributed by atoms with Gasteiger partial charge in [0.25, 0.3) is 0 Å². The summed E-state index contributed by atoms with van der Waals surface area (Å²) in [5.41, 5.74) is 5.91. The molecule has 0 atom stereocenters. The SMILES string of the molecule is Cc1ccc2c(n1)oc1ccc(-c3cc(C(C)C)ccn3)cc12. The van der Waals surface area contributed by atoms with Gasteiger partial charge in [-0.2, -0.15) is 0 Å². The quantitative estimate of drug-likeness (QED) is 0.492. The van der Waals surface area contributed by atoms with E-state index in [0.29, 0.717) is 11.6 Å². The van der Waals surface area contributed by atoms with E-state index in [1.54, 1.807) is 0 Å². The number of rotatable bonds is 2. The average molecular weight is 302 g/mol. The number of pyridine rings is 2. The summed E-state index contributed by atoms with van der Waals surface area (Å²) in [7, 11) is 0. The molecular formula is C20H18N2O. The van der Waals surface area contributed by atoms with Crippen LogP contribution in [-0.2, 0) is 0 Å². The summed E-state index contributed by atoms with van der Waals surface area (Å²) in [4.78, 5) is 9.00. The van der Waals surface area contributed by atoms with Crippen LogP contribution in [0.4, 0.5) is 0 Å². The normalized spacial score (nSPS) is 11.7. The van der Waals surface area contributed by atoms with E-state index in [1.165, 1.54) is 5.56 Å². The average Bonchev–Trinajstić information content (AvgIpc) is 2.91. The minimum Gasteiger partial charge on any atom is -0.438 e. The maximum absolute atomic E-state index is 5.85. The van der Waals surface area contributed by atoms with Crippen LogP contribution in [0.5, 0.6) is 0 Å². The molecule has 1 aromatic carbocycles. The molecule has 3 heteroatoms. The van der Waals surface area contributed by atoms with Crippen LogP contribution in [0.25, 0.3) is 33.3 Å². The van der Waals surface area contributed by atoms with E-state index in [1.807, 2.05) is 25.3 Å². The molecule has 0 fully saturated rings. The monoisotopic (exact) mass is 302 g/mol. The Kier molecular flexibility index (Phi) is 3.15. The van der Waals surface area contributed by atoms with Gasteiger partial charge >= 0.3 is 0 Å². The molecule has 23 heavy (non-hydrogen) atoms. The summed E-state index contributed by atoms with van der Waals surface area (Å²) in [5.74, 6) is 0.488. The number of hydrogen-bond donors (Lipinski definition) is 0. The lowest BCUT2D eigenvalue weighted by molar-refractivity contribution is 0.652. The van der Waals surface area contributed by atoms with Gasteiger partial charge < -0.3 is 4.42 Å². The Hall–Kier alpha value is -2.68. The van der Waals surface area contributed by atoms with Crippen LogP contribution in [0.2, 0.25) is 0 Å². The van der Waals surface area contributed by atoms with Crippen LogP contribution >= 0.6 is 0 Å². The van der Waals surface area contributed by atoms with Gasteiger partial charge in [-0.15, -0.1) is 0 Å². The lowest BCUT2D eigenvalue weighted by atomic mass is 10.0. The van der Waals surface area contributed by atoms with Crippen LogP contribution < -0.4 is 0 Å². The summed E-state index contributed by atoms with van der Waals surface area (Å²) >= 11 is 0. The van der Waals surface area contributed by atoms with Gasteiger partial charge in [-0.3, -0.25) is 4.98 Å². The van der Waals surface area contributed by atoms with Gasteiger partial charge in [0.05, 0.1) is 5.69 Å². The van der Waals surface area contributed by atoms with Crippen LogP contribution in [-0.4, -0.2) is 9.97 Å². The number of aryl methyl sites for hydroxylation is 1. The number of benzene rings is 1. The summed E-state index contributed by atoms with van der Waals surface area (Å²) in [6.07, 6.45) is 1.88. The second-order valence-electron chi connectivity index (χ2n) is 6.25. The molecule has 0 aliphatic heterocycles. The van der Waals surface area contributed by atoms with Crippen LogP contribution in [0, 0.1) is 6.92 Å². The predicted molar refractivity (Wildman–Crippen MR) is 93.6 cm³/mol. The molecule has 0 saturated heterocycles. The van der Waals surface area contributed by atoms with Crippen molar-refractivity contribution in [1.29, 1.82) is 0 Å². The number of hydrogen-bond acceptors (Lipinski definition) is 3. The summed E-state index contributed by atoms with van der Waals surface area (Å²) in [5, 5.41) is 2.13. The topological polar surface area (TPSA) is 38.9 Å². The number of furan rings is 1. The zero-order valence-electron chi connectivity index (χ0n) is 13.5. The Morgan fingerprint density at radius 2 is 1.83 bits per heavy atom. The molecule has 0 saturated carbocycles. The molecule has 0 N–H and O–H groups in total. The van der Waals surface area contributed by atoms with Crippen molar-refractivity contribution in [2.24, 2.45) is 0 Å². The second kappa shape index (κ2) is 5.20. The minimum absolute atomic E-state index is 0.488. The second-order valence-corrected chi connectivity index (χ2v) is 6.25. The molecule has 4 rings (SSSR count). The first-order valence-corrected chi connectivity index (χ1v) is 7.88. The van der Waals surface area contributed by atoms with E-state index in [4.69, 9.17) is 4.42 Å². The first-order valence-electron chi connectivity index (χ1n) is 7.88. The molecule has 114 valence electrons. The fourth-order valence-corrected chi connectivity index (χ4v) is 2.87. The zero-order valence-corrected chi connectivity index (χ0v) is 13.5. The van der Waals surface area contributed by atoms with E-state index in [0.717, 1.165) is 33.3 Å². The van der Waals surface area contributed by atoms with Gasteiger partial charge in [0.2, 0.25) is 5.71 Å². The van der Waals surface area contributed by atoms with Crippen molar-refractivity contribution >= 4 is 22.1 Å². The number of nitrogens with zero attached hydrogens (tertiary/aromatic N) is 2. The molecule has 3 heterocycles. The maximum atomic E-state index is 5.85. The van der Waals surface area contributed by atoms with E-state index >= 15 is 0 Å². The van der Waals surface area contributed by atoms with E-state index in [-0.39, 0.29) is 0 Å². The fourth-order valence-electron chi connectivity index (χ4n) is 2.87. The number of aromatic nitrogens is 2. The fraction of sp³-hybridized carbons (Fsp3) is 0.200. The third-order valence-electron chi connectivity index (χ3n) is 4.22. The Balaban J connectivity index is 1.91. The van der Waals surface area contributed by atoms with Gasteiger partial charge in [-0.25, -0.2) is 4.98 Å². The van der Waals surface area contributed by atoms with E-state index < -0.39 is 0 Å². The smallest absolute Gasteiger partial charge is 0.227 e. The van der Waals surface area contributed by atoms with Crippen LogP contribution in [0.3, 0.4) is 0 Å². The van der Waals surface area contributed by atoms with Crippen molar-refractivity contribution in [1.82, 2.24) is 9.97 Å². The highest BCUT2D eigenvalue weighted by molar-refractivity contribution is 6.04. The van der Waals surface area contributed by atoms with Gasteiger partial charge in [0, 0.05) is 28.2 Å². The largest absolute Gasteiger partial charge is 0.438 e. The zero-order chi connectivity index (χ0) is 16.0. The molecule has 4 aromatic rings. The first-order chi connectivity index (χ1) is 11.1. The summed E-state index contributed by atoms with van der Waals surface area (Å²) < 4.78 is 5.85. The van der Waals surface area contributed by atoms with E-state index in [2.05, 4.69) is 54.1 Å². The molecule has 0 aliphatic rings. The standard InChI is InChI=1S/C20H18N2O/c1-12(2)14-8-9-21-18(11-14)15-5-7-19-17(10-15)16-6-4-13(3)22-20(16)23-19/h4-12H,1-3H3. The Morgan fingerprint density at radius 3 is 2.65 bits per heavy atom. The van der Waals surface area contributed by atoms with Crippen molar-refractivity contribution in [3.63, 3.8) is 0 Å².